The molecule has 2 amide bonds. The lowest BCUT2D eigenvalue weighted by molar-refractivity contribution is 0.243. The van der Waals surface area contributed by atoms with Crippen molar-refractivity contribution in [3.05, 3.63) is 0 Å². The maximum Gasteiger partial charge on any atom is 0.298 e. The Morgan fingerprint density at radius 3 is 1.50 bits per heavy atom. The molecule has 0 aromatic rings. The summed E-state index contributed by atoms with van der Waals surface area (Å²) in [5, 5.41) is 0. The summed E-state index contributed by atoms with van der Waals surface area (Å²) >= 11 is 0. The number of hydrogen-bond acceptors (Lipinski definition) is 1. The van der Waals surface area contributed by atoms with E-state index in [9.17, 15) is 4.79 Å². The Morgan fingerprint density at radius 2 is 1.50 bits per heavy atom. The number of nitrogens with two attached hydrogens (primary N) is 1. The molecule has 0 rings (SSSR count). The molecule has 5 heteroatoms. The second-order valence-corrected chi connectivity index (χ2v) is 9.02. The zero-order valence-corrected chi connectivity index (χ0v) is 9.40. The van der Waals surface area contributed by atoms with Gasteiger partial charge in [0, 0.05) is 0 Å². The molecule has 0 aliphatic heterocycles. The second kappa shape index (κ2) is 3.77. The number of amides is 2. The standard InChI is InChI=1S/C5H16N2OSi2/c1-9(2)7(5(6)8)10(3)4/h9-10H,1-4H3,(H2,6,8). The minimum atomic E-state index is -0.981. The average molecular weight is 176 g/mol. The number of carbonyl (C=O) groups excluding carboxylic acids is 1. The lowest BCUT2D eigenvalue weighted by atomic mass is 11.2. The van der Waals surface area contributed by atoms with Crippen molar-refractivity contribution in [3.63, 3.8) is 0 Å². The first-order valence-corrected chi connectivity index (χ1v) is 9.19. The molecule has 3 nitrogen and oxygen atoms in total. The normalized spacial score (nSPS) is 10.6. The third-order valence-electron chi connectivity index (χ3n) is 1.37. The van der Waals surface area contributed by atoms with Crippen molar-refractivity contribution in [1.82, 2.24) is 4.23 Å². The lowest BCUT2D eigenvalue weighted by Crippen LogP contribution is -2.50. The zero-order valence-electron chi connectivity index (χ0n) is 7.09. The summed E-state index contributed by atoms with van der Waals surface area (Å²) in [7, 11) is -1.96. The fourth-order valence-electron chi connectivity index (χ4n) is 1.11. The van der Waals surface area contributed by atoms with Crippen LogP contribution in [0.1, 0.15) is 0 Å². The van der Waals surface area contributed by atoms with Crippen molar-refractivity contribution >= 4 is 23.9 Å². The highest BCUT2D eigenvalue weighted by Crippen LogP contribution is 1.97. The Labute approximate surface area is 65.6 Å². The molecule has 0 unspecified atom stereocenters. The molecule has 0 aromatic carbocycles. The van der Waals surface area contributed by atoms with Gasteiger partial charge in [0.2, 0.25) is 0 Å². The molecule has 0 heterocycles. The van der Waals surface area contributed by atoms with Crippen molar-refractivity contribution in [2.75, 3.05) is 0 Å². The van der Waals surface area contributed by atoms with E-state index in [2.05, 4.69) is 26.2 Å². The Kier molecular flexibility index (Phi) is 3.66. The van der Waals surface area contributed by atoms with Crippen LogP contribution in [0.2, 0.25) is 26.2 Å². The molecule has 0 aliphatic carbocycles. The van der Waals surface area contributed by atoms with Gasteiger partial charge in [-0.05, 0) is 0 Å². The molecule has 0 aliphatic rings. The molecular formula is C5H16N2OSi2. The van der Waals surface area contributed by atoms with E-state index in [1.165, 1.54) is 0 Å². The van der Waals surface area contributed by atoms with Crippen LogP contribution in [0.15, 0.2) is 0 Å². The monoisotopic (exact) mass is 176 g/mol. The van der Waals surface area contributed by atoms with E-state index in [1.807, 2.05) is 4.23 Å². The molecule has 0 fully saturated rings. The van der Waals surface area contributed by atoms with Gasteiger partial charge in [-0.25, -0.2) is 0 Å². The summed E-state index contributed by atoms with van der Waals surface area (Å²) in [5.41, 5.74) is 5.20. The van der Waals surface area contributed by atoms with Crippen molar-refractivity contribution < 1.29 is 4.79 Å². The fourth-order valence-corrected chi connectivity index (χ4v) is 6.89. The Hall–Kier alpha value is -0.296. The van der Waals surface area contributed by atoms with Crippen LogP contribution < -0.4 is 5.73 Å². The molecule has 0 atom stereocenters. The third kappa shape index (κ3) is 2.53. The summed E-state index contributed by atoms with van der Waals surface area (Å²) in [6.45, 7) is 8.49. The van der Waals surface area contributed by atoms with Crippen molar-refractivity contribution in [2.45, 2.75) is 26.2 Å². The molecule has 0 bridgehead atoms. The predicted octanol–water partition coefficient (Wildman–Crippen LogP) is 0.334. The van der Waals surface area contributed by atoms with Crippen molar-refractivity contribution in [1.29, 1.82) is 0 Å². The van der Waals surface area contributed by atoms with Gasteiger partial charge in [0.05, 0.1) is 0 Å². The molecule has 60 valence electrons. The van der Waals surface area contributed by atoms with Crippen LogP contribution in [0, 0.1) is 0 Å². The number of rotatable bonds is 2. The van der Waals surface area contributed by atoms with Gasteiger partial charge in [0.25, 0.3) is 6.03 Å². The quantitative estimate of drug-likeness (QED) is 0.606. The first-order chi connectivity index (χ1) is 4.46. The fraction of sp³-hybridized carbons (Fsp3) is 0.800. The molecule has 0 aromatic heterocycles. The molecule has 0 saturated heterocycles. The van der Waals surface area contributed by atoms with Crippen LogP contribution >= 0.6 is 0 Å². The van der Waals surface area contributed by atoms with Crippen molar-refractivity contribution in [3.8, 4) is 0 Å². The minimum absolute atomic E-state index is 0.219. The zero-order chi connectivity index (χ0) is 8.31. The van der Waals surface area contributed by atoms with Gasteiger partial charge in [0.15, 0.2) is 0 Å². The number of urea groups is 1. The molecule has 0 saturated carbocycles. The summed E-state index contributed by atoms with van der Waals surface area (Å²) in [6.07, 6.45) is 0. The van der Waals surface area contributed by atoms with E-state index in [-0.39, 0.29) is 6.03 Å². The first-order valence-electron chi connectivity index (χ1n) is 3.54. The van der Waals surface area contributed by atoms with E-state index in [1.54, 1.807) is 0 Å². The van der Waals surface area contributed by atoms with Crippen LogP contribution in [0.5, 0.6) is 0 Å². The number of carbonyl (C=O) groups is 1. The topological polar surface area (TPSA) is 46.3 Å². The Balaban J connectivity index is 4.12. The second-order valence-electron chi connectivity index (χ2n) is 2.93. The smallest absolute Gasteiger partial charge is 0.298 e. The summed E-state index contributed by atoms with van der Waals surface area (Å²) < 4.78 is 1.92. The van der Waals surface area contributed by atoms with Gasteiger partial charge in [-0.3, -0.25) is 4.79 Å². The molecule has 2 N–H and O–H groups in total. The highest BCUT2D eigenvalue weighted by molar-refractivity contribution is 6.73. The first kappa shape index (κ1) is 9.70. The number of nitrogens with zero attached hydrogens (tertiary/aromatic N) is 1. The minimum Gasteiger partial charge on any atom is -0.384 e. The number of primary amides is 1. The highest BCUT2D eigenvalue weighted by Gasteiger charge is 2.17. The molecule has 0 spiro atoms. The largest absolute Gasteiger partial charge is 0.384 e. The van der Waals surface area contributed by atoms with Crippen LogP contribution in [-0.4, -0.2) is 28.2 Å². The summed E-state index contributed by atoms with van der Waals surface area (Å²) in [4.78, 5) is 10.8. The van der Waals surface area contributed by atoms with Gasteiger partial charge >= 0.3 is 0 Å². The van der Waals surface area contributed by atoms with E-state index in [0.29, 0.717) is 0 Å². The van der Waals surface area contributed by atoms with Gasteiger partial charge in [-0.15, -0.1) is 0 Å². The number of hydrogen-bond donors (Lipinski definition) is 1. The molecule has 0 radical (unpaired) electrons. The van der Waals surface area contributed by atoms with Gasteiger partial charge in [-0.1, -0.05) is 26.2 Å². The van der Waals surface area contributed by atoms with Crippen LogP contribution in [0.3, 0.4) is 0 Å². The molecule has 10 heavy (non-hydrogen) atoms. The van der Waals surface area contributed by atoms with Gasteiger partial charge in [-0.2, -0.15) is 0 Å². The van der Waals surface area contributed by atoms with E-state index in [4.69, 9.17) is 5.73 Å². The van der Waals surface area contributed by atoms with E-state index < -0.39 is 17.9 Å². The Morgan fingerprint density at radius 1 is 1.20 bits per heavy atom. The van der Waals surface area contributed by atoms with Gasteiger partial charge in [0.1, 0.15) is 17.9 Å². The summed E-state index contributed by atoms with van der Waals surface area (Å²) in [6, 6.07) is -0.219. The van der Waals surface area contributed by atoms with E-state index in [0.717, 1.165) is 0 Å². The maximum absolute atomic E-state index is 10.8. The lowest BCUT2D eigenvalue weighted by Gasteiger charge is -2.27. The maximum atomic E-state index is 10.8. The SMILES string of the molecule is C[SiH](C)N(C(N)=O)[SiH](C)C. The average Bonchev–Trinajstić information content (AvgIpc) is 1.59. The highest BCUT2D eigenvalue weighted by atomic mass is 28.3. The predicted molar refractivity (Wildman–Crippen MR) is 49.2 cm³/mol. The van der Waals surface area contributed by atoms with Crippen molar-refractivity contribution in [2.24, 2.45) is 5.73 Å². The Bertz CT molecular complexity index is 119. The molecular weight excluding hydrogens is 160 g/mol. The van der Waals surface area contributed by atoms with Crippen LogP contribution in [0.4, 0.5) is 4.79 Å². The summed E-state index contributed by atoms with van der Waals surface area (Å²) in [5.74, 6) is 0. The van der Waals surface area contributed by atoms with E-state index >= 15 is 0 Å². The third-order valence-corrected chi connectivity index (χ3v) is 7.68. The van der Waals surface area contributed by atoms with Crippen LogP contribution in [-0.2, 0) is 0 Å². The van der Waals surface area contributed by atoms with Gasteiger partial charge < -0.3 is 9.96 Å². The van der Waals surface area contributed by atoms with Crippen LogP contribution in [0.25, 0.3) is 0 Å².